The van der Waals surface area contributed by atoms with Crippen LogP contribution in [0.2, 0.25) is 0 Å². The van der Waals surface area contributed by atoms with Gasteiger partial charge in [-0.3, -0.25) is 4.99 Å². The van der Waals surface area contributed by atoms with Crippen molar-refractivity contribution in [2.45, 2.75) is 30.8 Å². The highest BCUT2D eigenvalue weighted by Gasteiger charge is 2.12. The van der Waals surface area contributed by atoms with Gasteiger partial charge in [0.25, 0.3) is 0 Å². The van der Waals surface area contributed by atoms with Crippen LogP contribution in [0.1, 0.15) is 18.9 Å². The van der Waals surface area contributed by atoms with E-state index in [0.29, 0.717) is 12.6 Å². The Hall–Kier alpha value is -1.05. The van der Waals surface area contributed by atoms with Gasteiger partial charge in [-0.2, -0.15) is 0 Å². The molecule has 0 radical (unpaired) electrons. The Morgan fingerprint density at radius 1 is 1.42 bits per heavy atom. The second kappa shape index (κ2) is 5.94. The minimum atomic E-state index is -3.61. The summed E-state index contributed by atoms with van der Waals surface area (Å²) < 4.78 is 22.2. The number of rotatable bonds is 3. The number of hydrogen-bond acceptors (Lipinski definition) is 4. The van der Waals surface area contributed by atoms with Crippen LogP contribution in [0.3, 0.4) is 0 Å². The summed E-state index contributed by atoms with van der Waals surface area (Å²) in [5.41, 5.74) is 0.959. The van der Waals surface area contributed by atoms with E-state index in [-0.39, 0.29) is 4.90 Å². The topological polar surface area (TPSA) is 84.5 Å². The molecule has 0 saturated carbocycles. The van der Waals surface area contributed by atoms with Crippen molar-refractivity contribution in [1.82, 2.24) is 5.32 Å². The maximum atomic E-state index is 11.1. The highest BCUT2D eigenvalue weighted by atomic mass is 32.2. The summed E-state index contributed by atoms with van der Waals surface area (Å²) in [5.74, 6) is 1.08. The van der Waals surface area contributed by atoms with E-state index in [1.807, 2.05) is 0 Å². The fourth-order valence-corrected chi connectivity index (χ4v) is 3.32. The summed E-state index contributed by atoms with van der Waals surface area (Å²) in [7, 11) is -3.61. The van der Waals surface area contributed by atoms with Crippen LogP contribution in [0.5, 0.6) is 0 Å². The molecule has 1 fully saturated rings. The number of nitrogens with zero attached hydrogens (tertiary/aromatic N) is 1. The van der Waals surface area contributed by atoms with Crippen LogP contribution in [0.25, 0.3) is 0 Å². The first-order chi connectivity index (χ1) is 8.95. The van der Waals surface area contributed by atoms with Gasteiger partial charge in [-0.05, 0) is 31.0 Å². The molecule has 0 bridgehead atoms. The van der Waals surface area contributed by atoms with Gasteiger partial charge in [0.1, 0.15) is 0 Å². The Morgan fingerprint density at radius 2 is 2.11 bits per heavy atom. The average Bonchev–Trinajstić information content (AvgIpc) is 2.36. The second-order valence-electron chi connectivity index (χ2n) is 4.49. The first-order valence-electron chi connectivity index (χ1n) is 6.00. The molecule has 19 heavy (non-hydrogen) atoms. The average molecular weight is 299 g/mol. The predicted molar refractivity (Wildman–Crippen MR) is 78.6 cm³/mol. The summed E-state index contributed by atoms with van der Waals surface area (Å²) in [6.45, 7) is 2.67. The lowest BCUT2D eigenvalue weighted by molar-refractivity contribution is 0.597. The van der Waals surface area contributed by atoms with Crippen LogP contribution in [0.4, 0.5) is 0 Å². The summed E-state index contributed by atoms with van der Waals surface area (Å²) >= 11 is 1.72. The van der Waals surface area contributed by atoms with Crippen molar-refractivity contribution < 1.29 is 8.42 Å². The van der Waals surface area contributed by atoms with E-state index in [1.54, 1.807) is 23.9 Å². The number of amidine groups is 1. The van der Waals surface area contributed by atoms with E-state index in [2.05, 4.69) is 17.2 Å². The van der Waals surface area contributed by atoms with Gasteiger partial charge in [0, 0.05) is 11.8 Å². The lowest BCUT2D eigenvalue weighted by Gasteiger charge is -2.21. The highest BCUT2D eigenvalue weighted by Crippen LogP contribution is 2.15. The van der Waals surface area contributed by atoms with Crippen molar-refractivity contribution in [1.29, 1.82) is 0 Å². The zero-order valence-corrected chi connectivity index (χ0v) is 12.3. The number of nitrogens with one attached hydrogen (secondary N) is 1. The van der Waals surface area contributed by atoms with Gasteiger partial charge >= 0.3 is 0 Å². The van der Waals surface area contributed by atoms with E-state index in [0.717, 1.165) is 22.9 Å². The van der Waals surface area contributed by atoms with Crippen molar-refractivity contribution in [3.8, 4) is 0 Å². The van der Waals surface area contributed by atoms with Crippen LogP contribution in [0, 0.1) is 0 Å². The molecule has 0 aliphatic carbocycles. The van der Waals surface area contributed by atoms with Gasteiger partial charge in [0.2, 0.25) is 10.0 Å². The summed E-state index contributed by atoms with van der Waals surface area (Å²) in [6, 6.07) is 6.95. The zero-order chi connectivity index (χ0) is 13.9. The van der Waals surface area contributed by atoms with E-state index < -0.39 is 10.0 Å². The molecular formula is C12H17N3O2S2. The Balaban J connectivity index is 2.02. The van der Waals surface area contributed by atoms with E-state index in [9.17, 15) is 8.42 Å². The molecule has 0 amide bonds. The third-order valence-corrected chi connectivity index (χ3v) is 4.71. The molecule has 2 rings (SSSR count). The molecule has 3 N–H and O–H groups in total. The summed E-state index contributed by atoms with van der Waals surface area (Å²) in [4.78, 5) is 4.61. The number of sulfonamides is 1. The highest BCUT2D eigenvalue weighted by molar-refractivity contribution is 8.13. The number of nitrogens with two attached hydrogens (primary N) is 1. The Labute approximate surface area is 117 Å². The van der Waals surface area contributed by atoms with Gasteiger partial charge < -0.3 is 5.32 Å². The predicted octanol–water partition coefficient (Wildman–Crippen LogP) is 1.31. The SMILES string of the molecule is CC1CCSC(=NCc2ccc(S(N)(=O)=O)cc2)N1. The monoisotopic (exact) mass is 299 g/mol. The van der Waals surface area contributed by atoms with Crippen molar-refractivity contribution in [2.75, 3.05) is 5.75 Å². The fraction of sp³-hybridized carbons (Fsp3) is 0.417. The minimum absolute atomic E-state index is 0.127. The zero-order valence-electron chi connectivity index (χ0n) is 10.7. The first kappa shape index (κ1) is 14.4. The Morgan fingerprint density at radius 3 is 2.68 bits per heavy atom. The van der Waals surface area contributed by atoms with Crippen LogP contribution >= 0.6 is 11.8 Å². The number of aliphatic imine (C=N–C) groups is 1. The molecule has 1 aliphatic rings. The fourth-order valence-electron chi connectivity index (χ4n) is 1.70. The summed E-state index contributed by atoms with van der Waals surface area (Å²) in [5, 5.41) is 9.32. The Bertz CT molecular complexity index is 567. The maximum absolute atomic E-state index is 11.1. The molecule has 1 heterocycles. The third-order valence-electron chi connectivity index (χ3n) is 2.82. The molecule has 0 spiro atoms. The van der Waals surface area contributed by atoms with Gasteiger partial charge in [-0.15, -0.1) is 0 Å². The van der Waals surface area contributed by atoms with E-state index >= 15 is 0 Å². The lowest BCUT2D eigenvalue weighted by Crippen LogP contribution is -2.35. The van der Waals surface area contributed by atoms with Gasteiger partial charge in [-0.25, -0.2) is 13.6 Å². The quantitative estimate of drug-likeness (QED) is 0.881. The molecule has 0 aromatic heterocycles. The minimum Gasteiger partial charge on any atom is -0.362 e. The van der Waals surface area contributed by atoms with Crippen molar-refractivity contribution in [3.63, 3.8) is 0 Å². The standard InChI is InChI=1S/C12H17N3O2S2/c1-9-6-7-18-12(15-9)14-8-10-2-4-11(5-3-10)19(13,16)17/h2-5,9H,6-8H2,1H3,(H,14,15)(H2,13,16,17). The Kier molecular flexibility index (Phi) is 4.49. The number of thioether (sulfide) groups is 1. The molecule has 7 heteroatoms. The largest absolute Gasteiger partial charge is 0.362 e. The number of benzene rings is 1. The van der Waals surface area contributed by atoms with Crippen molar-refractivity contribution in [3.05, 3.63) is 29.8 Å². The van der Waals surface area contributed by atoms with Gasteiger partial charge in [0.05, 0.1) is 11.4 Å². The van der Waals surface area contributed by atoms with Crippen molar-refractivity contribution in [2.24, 2.45) is 10.1 Å². The normalized spacial score (nSPS) is 22.2. The molecule has 1 saturated heterocycles. The van der Waals surface area contributed by atoms with Crippen LogP contribution < -0.4 is 10.5 Å². The van der Waals surface area contributed by atoms with Crippen molar-refractivity contribution >= 4 is 27.0 Å². The lowest BCUT2D eigenvalue weighted by atomic mass is 10.2. The molecule has 1 aliphatic heterocycles. The van der Waals surface area contributed by atoms with E-state index in [1.165, 1.54) is 12.1 Å². The van der Waals surface area contributed by atoms with Gasteiger partial charge in [0.15, 0.2) is 5.17 Å². The molecular weight excluding hydrogens is 282 g/mol. The molecule has 1 unspecified atom stereocenters. The van der Waals surface area contributed by atoms with Crippen LogP contribution in [-0.4, -0.2) is 25.4 Å². The smallest absolute Gasteiger partial charge is 0.238 e. The van der Waals surface area contributed by atoms with E-state index in [4.69, 9.17) is 5.14 Å². The van der Waals surface area contributed by atoms with Gasteiger partial charge in [-0.1, -0.05) is 23.9 Å². The summed E-state index contributed by atoms with van der Waals surface area (Å²) in [6.07, 6.45) is 1.15. The molecule has 1 atom stereocenters. The first-order valence-corrected chi connectivity index (χ1v) is 8.54. The second-order valence-corrected chi connectivity index (χ2v) is 7.14. The number of primary sulfonamides is 1. The number of hydrogen-bond donors (Lipinski definition) is 2. The third kappa shape index (κ3) is 4.22. The molecule has 1 aromatic rings. The molecule has 5 nitrogen and oxygen atoms in total. The van der Waals surface area contributed by atoms with Crippen LogP contribution in [0.15, 0.2) is 34.2 Å². The maximum Gasteiger partial charge on any atom is 0.238 e. The molecule has 104 valence electrons. The van der Waals surface area contributed by atoms with Crippen LogP contribution in [-0.2, 0) is 16.6 Å². The molecule has 1 aromatic carbocycles.